The quantitative estimate of drug-likeness (QED) is 0.842. The Morgan fingerprint density at radius 1 is 1.11 bits per heavy atom. The highest BCUT2D eigenvalue weighted by atomic mass is 16.3. The molecule has 19 heavy (non-hydrogen) atoms. The highest BCUT2D eigenvalue weighted by molar-refractivity contribution is 5.76. The number of hydrogen-bond donors (Lipinski definition) is 1. The number of fused-ring (bicyclic) bond motifs is 1. The lowest BCUT2D eigenvalue weighted by molar-refractivity contribution is 0.220. The maximum Gasteiger partial charge on any atom is 0.209 e. The first-order chi connectivity index (χ1) is 9.31. The number of nitrogens with zero attached hydrogens (tertiary/aromatic N) is 2. The summed E-state index contributed by atoms with van der Waals surface area (Å²) < 4.78 is 5.79. The van der Waals surface area contributed by atoms with Crippen molar-refractivity contribution in [1.82, 2.24) is 9.88 Å². The number of hydrogen-bond acceptors (Lipinski definition) is 4. The summed E-state index contributed by atoms with van der Waals surface area (Å²) in [5.74, 6) is 0.807. The summed E-state index contributed by atoms with van der Waals surface area (Å²) in [5.41, 5.74) is 8.19. The van der Waals surface area contributed by atoms with E-state index < -0.39 is 0 Å². The molecule has 0 aliphatic carbocycles. The summed E-state index contributed by atoms with van der Waals surface area (Å²) in [6.45, 7) is 3.12. The van der Waals surface area contributed by atoms with Crippen molar-refractivity contribution in [3.8, 4) is 0 Å². The molecule has 2 aromatic rings. The maximum absolute atomic E-state index is 5.79. The van der Waals surface area contributed by atoms with Crippen molar-refractivity contribution in [2.45, 2.75) is 38.6 Å². The van der Waals surface area contributed by atoms with E-state index in [0.29, 0.717) is 0 Å². The number of nitrogens with two attached hydrogens (primary N) is 1. The predicted octanol–water partition coefficient (Wildman–Crippen LogP) is 3.18. The Balaban J connectivity index is 1.72. The van der Waals surface area contributed by atoms with Gasteiger partial charge in [0.15, 0.2) is 5.58 Å². The maximum atomic E-state index is 5.79. The summed E-state index contributed by atoms with van der Waals surface area (Å²) in [7, 11) is 0. The normalized spacial score (nSPS) is 18.3. The SMILES string of the molecule is Nc1ccc2oc(CN3CCCCCCC3)nc2c1. The highest BCUT2D eigenvalue weighted by Gasteiger charge is 2.12. The van der Waals surface area contributed by atoms with E-state index in [4.69, 9.17) is 10.2 Å². The molecule has 1 aromatic carbocycles. The average Bonchev–Trinajstić information content (AvgIpc) is 2.74. The molecule has 1 saturated heterocycles. The Bertz CT molecular complexity index is 541. The molecule has 0 unspecified atom stereocenters. The van der Waals surface area contributed by atoms with Gasteiger partial charge in [-0.1, -0.05) is 19.3 Å². The third kappa shape index (κ3) is 3.07. The van der Waals surface area contributed by atoms with Gasteiger partial charge in [0.2, 0.25) is 5.89 Å². The van der Waals surface area contributed by atoms with E-state index in [1.54, 1.807) is 0 Å². The number of rotatable bonds is 2. The van der Waals surface area contributed by atoms with Gasteiger partial charge in [0.1, 0.15) is 5.52 Å². The van der Waals surface area contributed by atoms with Crippen molar-refractivity contribution in [1.29, 1.82) is 0 Å². The molecule has 1 aromatic heterocycles. The molecule has 0 bridgehead atoms. The van der Waals surface area contributed by atoms with Crippen molar-refractivity contribution >= 4 is 16.8 Å². The Labute approximate surface area is 113 Å². The Kier molecular flexibility index (Phi) is 3.69. The standard InChI is InChI=1S/C15H21N3O/c16-12-6-7-14-13(10-12)17-15(19-14)11-18-8-4-2-1-3-5-9-18/h6-7,10H,1-5,8-9,11,16H2. The molecule has 0 spiro atoms. The van der Waals surface area contributed by atoms with Gasteiger partial charge in [-0.3, -0.25) is 4.90 Å². The van der Waals surface area contributed by atoms with Crippen molar-refractivity contribution in [2.24, 2.45) is 0 Å². The molecule has 0 atom stereocenters. The van der Waals surface area contributed by atoms with Gasteiger partial charge >= 0.3 is 0 Å². The number of nitrogen functional groups attached to an aromatic ring is 1. The molecule has 2 heterocycles. The van der Waals surface area contributed by atoms with E-state index in [1.807, 2.05) is 18.2 Å². The molecule has 2 N–H and O–H groups in total. The summed E-state index contributed by atoms with van der Waals surface area (Å²) in [4.78, 5) is 6.98. The van der Waals surface area contributed by atoms with Crippen LogP contribution in [0.15, 0.2) is 22.6 Å². The fraction of sp³-hybridized carbons (Fsp3) is 0.533. The molecule has 3 rings (SSSR count). The molecule has 0 saturated carbocycles. The third-order valence-corrected chi connectivity index (χ3v) is 3.76. The molecule has 102 valence electrons. The molecule has 4 heteroatoms. The second-order valence-corrected chi connectivity index (χ2v) is 5.38. The van der Waals surface area contributed by atoms with Crippen LogP contribution in [0.4, 0.5) is 5.69 Å². The van der Waals surface area contributed by atoms with E-state index in [1.165, 1.54) is 32.1 Å². The minimum absolute atomic E-state index is 0.735. The lowest BCUT2D eigenvalue weighted by Crippen LogP contribution is -2.26. The number of anilines is 1. The number of likely N-dealkylation sites (tertiary alicyclic amines) is 1. The van der Waals surface area contributed by atoms with Crippen molar-refractivity contribution in [2.75, 3.05) is 18.8 Å². The zero-order chi connectivity index (χ0) is 13.1. The summed E-state index contributed by atoms with van der Waals surface area (Å²) in [6, 6.07) is 5.62. The van der Waals surface area contributed by atoms with Crippen LogP contribution in [0.1, 0.15) is 38.0 Å². The minimum atomic E-state index is 0.735. The topological polar surface area (TPSA) is 55.3 Å². The van der Waals surface area contributed by atoms with Crippen molar-refractivity contribution in [3.05, 3.63) is 24.1 Å². The Hall–Kier alpha value is -1.55. The van der Waals surface area contributed by atoms with Gasteiger partial charge < -0.3 is 10.2 Å². The molecule has 0 radical (unpaired) electrons. The Morgan fingerprint density at radius 3 is 2.63 bits per heavy atom. The summed E-state index contributed by atoms with van der Waals surface area (Å²) >= 11 is 0. The largest absolute Gasteiger partial charge is 0.439 e. The first-order valence-corrected chi connectivity index (χ1v) is 7.18. The number of oxazole rings is 1. The van der Waals surface area contributed by atoms with Crippen LogP contribution < -0.4 is 5.73 Å². The van der Waals surface area contributed by atoms with Gasteiger partial charge in [-0.05, 0) is 44.1 Å². The predicted molar refractivity (Wildman–Crippen MR) is 76.8 cm³/mol. The van der Waals surface area contributed by atoms with Crippen LogP contribution >= 0.6 is 0 Å². The van der Waals surface area contributed by atoms with Crippen LogP contribution in [0.2, 0.25) is 0 Å². The van der Waals surface area contributed by atoms with E-state index >= 15 is 0 Å². The molecular formula is C15H21N3O. The highest BCUT2D eigenvalue weighted by Crippen LogP contribution is 2.20. The molecule has 1 fully saturated rings. The van der Waals surface area contributed by atoms with Crippen LogP contribution in [0.5, 0.6) is 0 Å². The van der Waals surface area contributed by atoms with Crippen LogP contribution in [-0.2, 0) is 6.54 Å². The number of aromatic nitrogens is 1. The summed E-state index contributed by atoms with van der Waals surface area (Å²) in [5, 5.41) is 0. The van der Waals surface area contributed by atoms with Gasteiger partial charge in [-0.25, -0.2) is 4.98 Å². The average molecular weight is 259 g/mol. The zero-order valence-corrected chi connectivity index (χ0v) is 11.3. The van der Waals surface area contributed by atoms with Gasteiger partial charge in [0, 0.05) is 5.69 Å². The van der Waals surface area contributed by atoms with E-state index in [0.717, 1.165) is 42.3 Å². The van der Waals surface area contributed by atoms with Crippen LogP contribution in [0.3, 0.4) is 0 Å². The van der Waals surface area contributed by atoms with Crippen molar-refractivity contribution < 1.29 is 4.42 Å². The molecule has 1 aliphatic rings. The second kappa shape index (κ2) is 5.61. The smallest absolute Gasteiger partial charge is 0.209 e. The molecule has 4 nitrogen and oxygen atoms in total. The fourth-order valence-corrected chi connectivity index (χ4v) is 2.72. The lowest BCUT2D eigenvalue weighted by atomic mass is 10.1. The number of benzene rings is 1. The second-order valence-electron chi connectivity index (χ2n) is 5.38. The van der Waals surface area contributed by atoms with E-state index in [-0.39, 0.29) is 0 Å². The van der Waals surface area contributed by atoms with Gasteiger partial charge in [-0.15, -0.1) is 0 Å². The molecular weight excluding hydrogens is 238 g/mol. The first-order valence-electron chi connectivity index (χ1n) is 7.18. The first kappa shape index (κ1) is 12.5. The fourth-order valence-electron chi connectivity index (χ4n) is 2.72. The monoisotopic (exact) mass is 259 g/mol. The van der Waals surface area contributed by atoms with Crippen LogP contribution in [-0.4, -0.2) is 23.0 Å². The lowest BCUT2D eigenvalue weighted by Gasteiger charge is -2.22. The zero-order valence-electron chi connectivity index (χ0n) is 11.3. The van der Waals surface area contributed by atoms with Gasteiger partial charge in [0.05, 0.1) is 6.54 Å². The van der Waals surface area contributed by atoms with Gasteiger partial charge in [0.25, 0.3) is 0 Å². The van der Waals surface area contributed by atoms with Crippen LogP contribution in [0.25, 0.3) is 11.1 Å². The van der Waals surface area contributed by atoms with E-state index in [9.17, 15) is 0 Å². The van der Waals surface area contributed by atoms with Crippen molar-refractivity contribution in [3.63, 3.8) is 0 Å². The molecule has 1 aliphatic heterocycles. The van der Waals surface area contributed by atoms with Gasteiger partial charge in [-0.2, -0.15) is 0 Å². The van der Waals surface area contributed by atoms with E-state index in [2.05, 4.69) is 9.88 Å². The van der Waals surface area contributed by atoms with Crippen LogP contribution in [0, 0.1) is 0 Å². The minimum Gasteiger partial charge on any atom is -0.439 e. The third-order valence-electron chi connectivity index (χ3n) is 3.76. The molecule has 0 amide bonds. The Morgan fingerprint density at radius 2 is 1.84 bits per heavy atom. The summed E-state index contributed by atoms with van der Waals surface area (Å²) in [6.07, 6.45) is 6.65.